The highest BCUT2D eigenvalue weighted by atomic mass is 16.2. The fourth-order valence-electron chi connectivity index (χ4n) is 0.908. The monoisotopic (exact) mass is 213 g/mol. The van der Waals surface area contributed by atoms with E-state index in [0.717, 1.165) is 0 Å². The number of carbonyl (C=O) groups is 3. The van der Waals surface area contributed by atoms with Crippen molar-refractivity contribution in [2.75, 3.05) is 6.54 Å². The molecule has 0 aromatic carbocycles. The second-order valence-electron chi connectivity index (χ2n) is 3.79. The van der Waals surface area contributed by atoms with Crippen LogP contribution in [0.25, 0.3) is 0 Å². The van der Waals surface area contributed by atoms with E-state index in [1.165, 1.54) is 0 Å². The van der Waals surface area contributed by atoms with Gasteiger partial charge in [-0.05, 0) is 0 Å². The maximum atomic E-state index is 11.2. The molecule has 0 heterocycles. The van der Waals surface area contributed by atoms with Gasteiger partial charge in [-0.25, -0.2) is 0 Å². The summed E-state index contributed by atoms with van der Waals surface area (Å²) in [5.74, 6) is -0.223. The number of hydrogen-bond acceptors (Lipinski definition) is 3. The summed E-state index contributed by atoms with van der Waals surface area (Å²) < 4.78 is 0. The SMILES string of the molecule is CCC(=O)CCC(=O)NCC(=O)C(C)C. The first kappa shape index (κ1) is 13.8. The Morgan fingerprint density at radius 3 is 2.20 bits per heavy atom. The summed E-state index contributed by atoms with van der Waals surface area (Å²) >= 11 is 0. The van der Waals surface area contributed by atoms with Crippen molar-refractivity contribution in [3.05, 3.63) is 0 Å². The Balaban J connectivity index is 3.67. The molecule has 4 heteroatoms. The summed E-state index contributed by atoms with van der Waals surface area (Å²) in [6, 6.07) is 0. The lowest BCUT2D eigenvalue weighted by molar-refractivity contribution is -0.127. The lowest BCUT2D eigenvalue weighted by atomic mass is 10.1. The van der Waals surface area contributed by atoms with E-state index >= 15 is 0 Å². The smallest absolute Gasteiger partial charge is 0.220 e. The van der Waals surface area contributed by atoms with Crippen LogP contribution in [-0.4, -0.2) is 24.0 Å². The molecule has 0 atom stereocenters. The molecular weight excluding hydrogens is 194 g/mol. The Hall–Kier alpha value is -1.19. The molecule has 0 aromatic heterocycles. The van der Waals surface area contributed by atoms with Crippen molar-refractivity contribution < 1.29 is 14.4 Å². The molecule has 0 radical (unpaired) electrons. The Kier molecular flexibility index (Phi) is 6.58. The molecule has 0 rings (SSSR count). The van der Waals surface area contributed by atoms with Gasteiger partial charge in [0, 0.05) is 25.2 Å². The molecule has 1 amide bonds. The van der Waals surface area contributed by atoms with Gasteiger partial charge in [0.25, 0.3) is 0 Å². The first-order chi connectivity index (χ1) is 6.97. The van der Waals surface area contributed by atoms with E-state index in [1.54, 1.807) is 20.8 Å². The molecule has 0 aliphatic carbocycles. The molecule has 0 aliphatic rings. The molecule has 86 valence electrons. The van der Waals surface area contributed by atoms with Crippen molar-refractivity contribution in [2.24, 2.45) is 5.92 Å². The molecule has 0 fully saturated rings. The predicted octanol–water partition coefficient (Wildman–Crippen LogP) is 1.09. The van der Waals surface area contributed by atoms with Crippen LogP contribution < -0.4 is 5.32 Å². The zero-order chi connectivity index (χ0) is 11.8. The van der Waals surface area contributed by atoms with Crippen molar-refractivity contribution in [1.29, 1.82) is 0 Å². The van der Waals surface area contributed by atoms with E-state index in [4.69, 9.17) is 0 Å². The number of amides is 1. The number of ketones is 2. The second kappa shape index (κ2) is 7.15. The largest absolute Gasteiger partial charge is 0.349 e. The van der Waals surface area contributed by atoms with E-state index in [1.807, 2.05) is 0 Å². The minimum atomic E-state index is -0.231. The fourth-order valence-corrected chi connectivity index (χ4v) is 0.908. The van der Waals surface area contributed by atoms with Crippen molar-refractivity contribution in [1.82, 2.24) is 5.32 Å². The molecule has 0 unspecified atom stereocenters. The summed E-state index contributed by atoms with van der Waals surface area (Å²) in [7, 11) is 0. The molecule has 0 bridgehead atoms. The van der Waals surface area contributed by atoms with Crippen LogP contribution in [0, 0.1) is 5.92 Å². The van der Waals surface area contributed by atoms with Gasteiger partial charge in [0.05, 0.1) is 6.54 Å². The molecule has 0 spiro atoms. The van der Waals surface area contributed by atoms with Crippen molar-refractivity contribution >= 4 is 17.5 Å². The Morgan fingerprint density at radius 1 is 1.13 bits per heavy atom. The van der Waals surface area contributed by atoms with E-state index < -0.39 is 0 Å². The van der Waals surface area contributed by atoms with Gasteiger partial charge in [-0.3, -0.25) is 14.4 Å². The number of rotatable bonds is 7. The minimum Gasteiger partial charge on any atom is -0.349 e. The quantitative estimate of drug-likeness (QED) is 0.688. The Bertz CT molecular complexity index is 246. The topological polar surface area (TPSA) is 63.2 Å². The molecular formula is C11H19NO3. The summed E-state index contributed by atoms with van der Waals surface area (Å²) in [6.07, 6.45) is 0.897. The predicted molar refractivity (Wildman–Crippen MR) is 57.4 cm³/mol. The van der Waals surface area contributed by atoms with E-state index in [-0.39, 0.29) is 42.8 Å². The van der Waals surface area contributed by atoms with Crippen LogP contribution in [0.15, 0.2) is 0 Å². The normalized spacial score (nSPS) is 10.1. The van der Waals surface area contributed by atoms with Gasteiger partial charge in [-0.1, -0.05) is 20.8 Å². The maximum Gasteiger partial charge on any atom is 0.220 e. The highest BCUT2D eigenvalue weighted by Crippen LogP contribution is 1.95. The van der Waals surface area contributed by atoms with Gasteiger partial charge in [-0.15, -0.1) is 0 Å². The lowest BCUT2D eigenvalue weighted by Crippen LogP contribution is -2.31. The molecule has 4 nitrogen and oxygen atoms in total. The molecule has 0 aliphatic heterocycles. The van der Waals surface area contributed by atoms with Gasteiger partial charge in [0.2, 0.25) is 5.91 Å². The zero-order valence-electron chi connectivity index (χ0n) is 9.63. The summed E-state index contributed by atoms with van der Waals surface area (Å²) in [5, 5.41) is 2.50. The van der Waals surface area contributed by atoms with Gasteiger partial charge in [0.1, 0.15) is 5.78 Å². The van der Waals surface area contributed by atoms with Crippen molar-refractivity contribution in [3.63, 3.8) is 0 Å². The number of carbonyl (C=O) groups excluding carboxylic acids is 3. The highest BCUT2D eigenvalue weighted by molar-refractivity contribution is 5.89. The minimum absolute atomic E-state index is 0.00479. The van der Waals surface area contributed by atoms with E-state index in [2.05, 4.69) is 5.32 Å². The highest BCUT2D eigenvalue weighted by Gasteiger charge is 2.09. The molecule has 0 saturated heterocycles. The third-order valence-corrected chi connectivity index (χ3v) is 2.13. The average Bonchev–Trinajstić information content (AvgIpc) is 2.21. The van der Waals surface area contributed by atoms with Gasteiger partial charge < -0.3 is 5.32 Å². The standard InChI is InChI=1S/C11H19NO3/c1-4-9(13)5-6-11(15)12-7-10(14)8(2)3/h8H,4-7H2,1-3H3,(H,12,15). The van der Waals surface area contributed by atoms with Gasteiger partial charge >= 0.3 is 0 Å². The number of nitrogens with one attached hydrogen (secondary N) is 1. The van der Waals surface area contributed by atoms with Crippen LogP contribution in [0.2, 0.25) is 0 Å². The van der Waals surface area contributed by atoms with Crippen LogP contribution >= 0.6 is 0 Å². The number of Topliss-reactive ketones (excluding diaryl/α,β-unsaturated/α-hetero) is 2. The Labute approximate surface area is 90.4 Å². The van der Waals surface area contributed by atoms with Gasteiger partial charge in [0.15, 0.2) is 5.78 Å². The molecule has 1 N–H and O–H groups in total. The lowest BCUT2D eigenvalue weighted by Gasteiger charge is -2.05. The summed E-state index contributed by atoms with van der Waals surface area (Å²) in [6.45, 7) is 5.41. The van der Waals surface area contributed by atoms with Crippen LogP contribution in [0.1, 0.15) is 40.0 Å². The fraction of sp³-hybridized carbons (Fsp3) is 0.727. The van der Waals surface area contributed by atoms with Crippen LogP contribution in [-0.2, 0) is 14.4 Å². The maximum absolute atomic E-state index is 11.2. The third-order valence-electron chi connectivity index (χ3n) is 2.13. The van der Waals surface area contributed by atoms with Gasteiger partial charge in [-0.2, -0.15) is 0 Å². The Morgan fingerprint density at radius 2 is 1.73 bits per heavy atom. The van der Waals surface area contributed by atoms with Crippen molar-refractivity contribution in [3.8, 4) is 0 Å². The average molecular weight is 213 g/mol. The van der Waals surface area contributed by atoms with E-state index in [9.17, 15) is 14.4 Å². The summed E-state index contributed by atoms with van der Waals surface area (Å²) in [5.41, 5.74) is 0. The second-order valence-corrected chi connectivity index (χ2v) is 3.79. The zero-order valence-corrected chi connectivity index (χ0v) is 9.63. The first-order valence-electron chi connectivity index (χ1n) is 5.28. The molecule has 15 heavy (non-hydrogen) atoms. The first-order valence-corrected chi connectivity index (χ1v) is 5.28. The summed E-state index contributed by atoms with van der Waals surface area (Å²) in [4.78, 5) is 33.3. The van der Waals surface area contributed by atoms with Crippen LogP contribution in [0.4, 0.5) is 0 Å². The number of hydrogen-bond donors (Lipinski definition) is 1. The molecule has 0 aromatic rings. The van der Waals surface area contributed by atoms with Crippen LogP contribution in [0.5, 0.6) is 0 Å². The van der Waals surface area contributed by atoms with E-state index in [0.29, 0.717) is 6.42 Å². The molecule has 0 saturated carbocycles. The van der Waals surface area contributed by atoms with Crippen molar-refractivity contribution in [2.45, 2.75) is 40.0 Å². The van der Waals surface area contributed by atoms with Crippen LogP contribution in [0.3, 0.4) is 0 Å². The third kappa shape index (κ3) is 6.82.